The minimum absolute atomic E-state index is 0.666. The predicted octanol–water partition coefficient (Wildman–Crippen LogP) is 2.56. The van der Waals surface area contributed by atoms with Gasteiger partial charge < -0.3 is 10.2 Å². The van der Waals surface area contributed by atoms with Crippen LogP contribution in [0, 0.1) is 0 Å². The number of hydrogen-bond donors (Lipinski definition) is 1. The maximum atomic E-state index is 5.24. The van der Waals surface area contributed by atoms with Gasteiger partial charge in [0.1, 0.15) is 18.4 Å². The maximum absolute atomic E-state index is 5.24. The average molecular weight is 362 g/mol. The molecule has 5 nitrogen and oxygen atoms in total. The van der Waals surface area contributed by atoms with Gasteiger partial charge in [-0.2, -0.15) is 0 Å². The SMILES string of the molecule is COc1c(Br)cc(CNn2cnnc2)cc1Br. The highest BCUT2D eigenvalue weighted by molar-refractivity contribution is 9.11. The van der Waals surface area contributed by atoms with Gasteiger partial charge in [0.15, 0.2) is 0 Å². The number of rotatable bonds is 4. The Hall–Kier alpha value is -1.08. The smallest absolute Gasteiger partial charge is 0.147 e. The van der Waals surface area contributed by atoms with Crippen LogP contribution in [0.2, 0.25) is 0 Å². The number of benzene rings is 1. The zero-order valence-corrected chi connectivity index (χ0v) is 12.2. The van der Waals surface area contributed by atoms with Crippen LogP contribution >= 0.6 is 31.9 Å². The van der Waals surface area contributed by atoms with E-state index in [1.165, 1.54) is 0 Å². The Morgan fingerprint density at radius 3 is 2.35 bits per heavy atom. The molecule has 2 aromatic rings. The summed E-state index contributed by atoms with van der Waals surface area (Å²) in [5.74, 6) is 0.790. The quantitative estimate of drug-likeness (QED) is 0.909. The first-order valence-electron chi connectivity index (χ1n) is 4.81. The topological polar surface area (TPSA) is 52.0 Å². The molecule has 0 aliphatic heterocycles. The molecule has 0 saturated carbocycles. The molecule has 0 radical (unpaired) electrons. The zero-order valence-electron chi connectivity index (χ0n) is 9.02. The highest BCUT2D eigenvalue weighted by atomic mass is 79.9. The first-order chi connectivity index (χ1) is 8.20. The van der Waals surface area contributed by atoms with Crippen molar-refractivity contribution in [3.63, 3.8) is 0 Å². The molecule has 0 spiro atoms. The summed E-state index contributed by atoms with van der Waals surface area (Å²) in [4.78, 5) is 0. The Morgan fingerprint density at radius 1 is 1.24 bits per heavy atom. The number of nitrogens with one attached hydrogen (secondary N) is 1. The van der Waals surface area contributed by atoms with E-state index >= 15 is 0 Å². The molecule has 0 fully saturated rings. The van der Waals surface area contributed by atoms with E-state index in [4.69, 9.17) is 4.74 Å². The largest absolute Gasteiger partial charge is 0.494 e. The number of halogens is 2. The van der Waals surface area contributed by atoms with Crippen molar-refractivity contribution in [3.05, 3.63) is 39.3 Å². The van der Waals surface area contributed by atoms with Crippen LogP contribution in [0.4, 0.5) is 0 Å². The van der Waals surface area contributed by atoms with E-state index in [9.17, 15) is 0 Å². The Morgan fingerprint density at radius 2 is 1.82 bits per heavy atom. The van der Waals surface area contributed by atoms with Crippen LogP contribution in [0.5, 0.6) is 5.75 Å². The lowest BCUT2D eigenvalue weighted by molar-refractivity contribution is 0.409. The highest BCUT2D eigenvalue weighted by Gasteiger charge is 2.07. The fourth-order valence-electron chi connectivity index (χ4n) is 1.37. The molecule has 0 bridgehead atoms. The van der Waals surface area contributed by atoms with Crippen molar-refractivity contribution < 1.29 is 4.74 Å². The van der Waals surface area contributed by atoms with Crippen molar-refractivity contribution in [2.45, 2.75) is 6.54 Å². The fraction of sp³-hybridized carbons (Fsp3) is 0.200. The summed E-state index contributed by atoms with van der Waals surface area (Å²) >= 11 is 6.93. The minimum atomic E-state index is 0.666. The molecular formula is C10H10Br2N4O. The van der Waals surface area contributed by atoms with Crippen molar-refractivity contribution in [2.24, 2.45) is 0 Å². The van der Waals surface area contributed by atoms with Gasteiger partial charge in [-0.1, -0.05) is 0 Å². The van der Waals surface area contributed by atoms with Gasteiger partial charge in [0.05, 0.1) is 22.6 Å². The second-order valence-corrected chi connectivity index (χ2v) is 5.01. The van der Waals surface area contributed by atoms with Crippen molar-refractivity contribution in [3.8, 4) is 5.75 Å². The van der Waals surface area contributed by atoms with Gasteiger partial charge in [0.2, 0.25) is 0 Å². The van der Waals surface area contributed by atoms with Gasteiger partial charge in [0, 0.05) is 0 Å². The van der Waals surface area contributed by atoms with Crippen molar-refractivity contribution in [1.82, 2.24) is 14.9 Å². The lowest BCUT2D eigenvalue weighted by Gasteiger charge is -2.10. The normalized spacial score (nSPS) is 10.3. The molecule has 2 rings (SSSR count). The first kappa shape index (κ1) is 12.4. The van der Waals surface area contributed by atoms with E-state index in [-0.39, 0.29) is 0 Å². The zero-order chi connectivity index (χ0) is 12.3. The van der Waals surface area contributed by atoms with Crippen LogP contribution in [0.3, 0.4) is 0 Å². The third kappa shape index (κ3) is 2.98. The van der Waals surface area contributed by atoms with Gasteiger partial charge in [-0.25, -0.2) is 4.68 Å². The standard InChI is InChI=1S/C10H10Br2N4O/c1-17-10-8(11)2-7(3-9(10)12)4-15-16-5-13-14-6-16/h2-3,5-6,15H,4H2,1H3. The first-order valence-corrected chi connectivity index (χ1v) is 6.39. The minimum Gasteiger partial charge on any atom is -0.494 e. The van der Waals surface area contributed by atoms with Crippen molar-refractivity contribution in [2.75, 3.05) is 12.5 Å². The summed E-state index contributed by atoms with van der Waals surface area (Å²) in [5.41, 5.74) is 4.25. The third-order valence-electron chi connectivity index (χ3n) is 2.15. The van der Waals surface area contributed by atoms with Crippen LogP contribution in [-0.4, -0.2) is 22.0 Å². The second-order valence-electron chi connectivity index (χ2n) is 3.30. The molecule has 17 heavy (non-hydrogen) atoms. The molecule has 0 unspecified atom stereocenters. The van der Waals surface area contributed by atoms with Gasteiger partial charge in [-0.05, 0) is 49.6 Å². The maximum Gasteiger partial charge on any atom is 0.147 e. The predicted molar refractivity (Wildman–Crippen MR) is 71.5 cm³/mol. The van der Waals surface area contributed by atoms with Crippen LogP contribution < -0.4 is 10.2 Å². The average Bonchev–Trinajstić information content (AvgIpc) is 2.79. The molecule has 0 aliphatic carbocycles. The monoisotopic (exact) mass is 360 g/mol. The fourth-order valence-corrected chi connectivity index (χ4v) is 2.98. The van der Waals surface area contributed by atoms with Gasteiger partial charge in [0.25, 0.3) is 0 Å². The van der Waals surface area contributed by atoms with E-state index in [0.29, 0.717) is 6.54 Å². The Bertz CT molecular complexity index is 478. The summed E-state index contributed by atoms with van der Waals surface area (Å²) in [6.07, 6.45) is 3.21. The van der Waals surface area contributed by atoms with Crippen LogP contribution in [-0.2, 0) is 6.54 Å². The molecular weight excluding hydrogens is 352 g/mol. The molecule has 0 amide bonds. The number of ether oxygens (including phenoxy) is 1. The number of aromatic nitrogens is 3. The van der Waals surface area contributed by atoms with Crippen molar-refractivity contribution >= 4 is 31.9 Å². The molecule has 1 aromatic carbocycles. The van der Waals surface area contributed by atoms with Crippen LogP contribution in [0.25, 0.3) is 0 Å². The number of nitrogens with zero attached hydrogens (tertiary/aromatic N) is 3. The summed E-state index contributed by atoms with van der Waals surface area (Å²) in [7, 11) is 1.64. The van der Waals surface area contributed by atoms with Crippen molar-refractivity contribution in [1.29, 1.82) is 0 Å². The van der Waals surface area contributed by atoms with E-state index in [1.54, 1.807) is 24.4 Å². The third-order valence-corrected chi connectivity index (χ3v) is 3.32. The second kappa shape index (κ2) is 5.50. The lowest BCUT2D eigenvalue weighted by atomic mass is 10.2. The number of methoxy groups -OCH3 is 1. The van der Waals surface area contributed by atoms with E-state index in [2.05, 4.69) is 47.5 Å². The Labute approximate surface area is 115 Å². The van der Waals surface area contributed by atoms with Crippen LogP contribution in [0.1, 0.15) is 5.56 Å². The van der Waals surface area contributed by atoms with E-state index < -0.39 is 0 Å². The molecule has 1 aromatic heterocycles. The summed E-state index contributed by atoms with van der Waals surface area (Å²) in [6, 6.07) is 4.00. The van der Waals surface area contributed by atoms with Crippen LogP contribution in [0.15, 0.2) is 33.7 Å². The highest BCUT2D eigenvalue weighted by Crippen LogP contribution is 2.34. The summed E-state index contributed by atoms with van der Waals surface area (Å²) in [5, 5.41) is 7.42. The molecule has 0 saturated heterocycles. The van der Waals surface area contributed by atoms with Gasteiger partial charge >= 0.3 is 0 Å². The Balaban J connectivity index is 2.12. The molecule has 0 atom stereocenters. The lowest BCUT2D eigenvalue weighted by Crippen LogP contribution is -2.12. The van der Waals surface area contributed by atoms with E-state index in [0.717, 1.165) is 20.3 Å². The summed E-state index contributed by atoms with van der Waals surface area (Å²) < 4.78 is 8.77. The van der Waals surface area contributed by atoms with Gasteiger partial charge in [-0.15, -0.1) is 10.2 Å². The van der Waals surface area contributed by atoms with Gasteiger partial charge in [-0.3, -0.25) is 0 Å². The molecule has 90 valence electrons. The molecule has 0 aliphatic rings. The molecule has 1 heterocycles. The molecule has 7 heteroatoms. The Kier molecular flexibility index (Phi) is 4.01. The van der Waals surface area contributed by atoms with E-state index in [1.807, 2.05) is 12.1 Å². The number of hydrogen-bond acceptors (Lipinski definition) is 4. The summed E-state index contributed by atoms with van der Waals surface area (Å²) in [6.45, 7) is 0.666. The molecule has 1 N–H and O–H groups in total.